The molecule has 0 saturated heterocycles. The van der Waals surface area contributed by atoms with Gasteiger partial charge >= 0.3 is 5.97 Å². The molecule has 0 saturated carbocycles. The molecule has 0 spiro atoms. The molecule has 22 heavy (non-hydrogen) atoms. The smallest absolute Gasteiger partial charge is 0.336 e. The van der Waals surface area contributed by atoms with Gasteiger partial charge in [-0.05, 0) is 37.1 Å². The zero-order valence-corrected chi connectivity index (χ0v) is 13.3. The van der Waals surface area contributed by atoms with Crippen molar-refractivity contribution >= 4 is 23.2 Å². The Balaban J connectivity index is 2.29. The van der Waals surface area contributed by atoms with Crippen LogP contribution >= 0.6 is 11.3 Å². The van der Waals surface area contributed by atoms with Gasteiger partial charge in [-0.15, -0.1) is 11.3 Å². The molecule has 0 fully saturated rings. The van der Waals surface area contributed by atoms with Gasteiger partial charge in [0.05, 0.1) is 16.5 Å². The minimum atomic E-state index is -1.01. The number of carboxylic acid groups (broad SMARTS) is 1. The van der Waals surface area contributed by atoms with Gasteiger partial charge in [-0.2, -0.15) is 0 Å². The summed E-state index contributed by atoms with van der Waals surface area (Å²) < 4.78 is 0. The first-order chi connectivity index (χ1) is 10.6. The van der Waals surface area contributed by atoms with E-state index in [2.05, 4.69) is 4.98 Å². The molecule has 2 heterocycles. The molecule has 0 aromatic carbocycles. The number of aromatic nitrogens is 1. The topological polar surface area (TPSA) is 70.5 Å². The Kier molecular flexibility index (Phi) is 5.27. The highest BCUT2D eigenvalue weighted by Crippen LogP contribution is 2.27. The SMILES string of the molecule is CCC(c1ccncc1)N(CC)C(=O)c1cc(C(=O)O)cs1. The molecule has 6 heteroatoms. The number of thiophene rings is 1. The summed E-state index contributed by atoms with van der Waals surface area (Å²) >= 11 is 1.17. The fourth-order valence-corrected chi connectivity index (χ4v) is 3.27. The molecule has 0 aliphatic carbocycles. The van der Waals surface area contributed by atoms with E-state index in [0.717, 1.165) is 12.0 Å². The molecule has 2 aromatic heterocycles. The third kappa shape index (κ3) is 3.33. The zero-order valence-electron chi connectivity index (χ0n) is 12.5. The molecule has 2 rings (SSSR count). The van der Waals surface area contributed by atoms with Crippen LogP contribution in [0.5, 0.6) is 0 Å². The number of amides is 1. The zero-order chi connectivity index (χ0) is 16.1. The van der Waals surface area contributed by atoms with Crippen LogP contribution in [0.3, 0.4) is 0 Å². The third-order valence-electron chi connectivity index (χ3n) is 3.51. The number of carbonyl (C=O) groups is 2. The molecular formula is C16H18N2O3S. The van der Waals surface area contributed by atoms with Gasteiger partial charge < -0.3 is 10.0 Å². The highest BCUT2D eigenvalue weighted by Gasteiger charge is 2.25. The fourth-order valence-electron chi connectivity index (χ4n) is 2.43. The van der Waals surface area contributed by atoms with Crippen LogP contribution in [0, 0.1) is 0 Å². The Morgan fingerprint density at radius 2 is 2.00 bits per heavy atom. The molecule has 2 aromatic rings. The van der Waals surface area contributed by atoms with Crippen molar-refractivity contribution in [3.8, 4) is 0 Å². The van der Waals surface area contributed by atoms with E-state index in [0.29, 0.717) is 11.4 Å². The minimum absolute atomic E-state index is 0.0455. The Hall–Kier alpha value is -2.21. The number of hydrogen-bond acceptors (Lipinski definition) is 4. The van der Waals surface area contributed by atoms with Crippen LogP contribution in [0.15, 0.2) is 36.0 Å². The van der Waals surface area contributed by atoms with Crippen LogP contribution in [0.4, 0.5) is 0 Å². The highest BCUT2D eigenvalue weighted by atomic mass is 32.1. The van der Waals surface area contributed by atoms with Crippen LogP contribution in [-0.4, -0.2) is 33.4 Å². The van der Waals surface area contributed by atoms with E-state index in [9.17, 15) is 9.59 Å². The summed E-state index contributed by atoms with van der Waals surface area (Å²) in [6.07, 6.45) is 4.20. The van der Waals surface area contributed by atoms with Gasteiger partial charge in [0.25, 0.3) is 5.91 Å². The van der Waals surface area contributed by atoms with Gasteiger partial charge in [-0.25, -0.2) is 4.79 Å². The van der Waals surface area contributed by atoms with E-state index in [1.807, 2.05) is 26.0 Å². The largest absolute Gasteiger partial charge is 0.478 e. The van der Waals surface area contributed by atoms with Crippen LogP contribution < -0.4 is 0 Å². The van der Waals surface area contributed by atoms with E-state index >= 15 is 0 Å². The number of carbonyl (C=O) groups excluding carboxylic acids is 1. The van der Waals surface area contributed by atoms with Crippen molar-refractivity contribution in [1.82, 2.24) is 9.88 Å². The van der Waals surface area contributed by atoms with Crippen LogP contribution in [-0.2, 0) is 0 Å². The standard InChI is InChI=1S/C16H18N2O3S/c1-3-13(11-5-7-17-8-6-11)18(4-2)15(19)14-9-12(10-22-14)16(20)21/h5-10,13H,3-4H2,1-2H3,(H,20,21). The van der Waals surface area contributed by atoms with Crippen LogP contribution in [0.25, 0.3) is 0 Å². The van der Waals surface area contributed by atoms with Gasteiger partial charge in [0, 0.05) is 24.3 Å². The van der Waals surface area contributed by atoms with Crippen molar-refractivity contribution < 1.29 is 14.7 Å². The third-order valence-corrected chi connectivity index (χ3v) is 4.43. The maximum Gasteiger partial charge on any atom is 0.336 e. The molecule has 1 atom stereocenters. The van der Waals surface area contributed by atoms with Crippen LogP contribution in [0.1, 0.15) is 51.9 Å². The number of nitrogens with zero attached hydrogens (tertiary/aromatic N) is 2. The lowest BCUT2D eigenvalue weighted by atomic mass is 10.0. The second kappa shape index (κ2) is 7.17. The highest BCUT2D eigenvalue weighted by molar-refractivity contribution is 7.12. The second-order valence-electron chi connectivity index (χ2n) is 4.80. The first-order valence-electron chi connectivity index (χ1n) is 7.11. The van der Waals surface area contributed by atoms with Gasteiger partial charge in [0.2, 0.25) is 0 Å². The number of rotatable bonds is 6. The van der Waals surface area contributed by atoms with Gasteiger partial charge in [-0.1, -0.05) is 6.92 Å². The quantitative estimate of drug-likeness (QED) is 0.885. The van der Waals surface area contributed by atoms with Crippen molar-refractivity contribution in [3.63, 3.8) is 0 Å². The maximum absolute atomic E-state index is 12.7. The molecule has 1 N–H and O–H groups in total. The van der Waals surface area contributed by atoms with Crippen molar-refractivity contribution in [1.29, 1.82) is 0 Å². The molecule has 0 aliphatic rings. The van der Waals surface area contributed by atoms with Gasteiger partial charge in [-0.3, -0.25) is 9.78 Å². The second-order valence-corrected chi connectivity index (χ2v) is 5.71. The maximum atomic E-state index is 12.7. The van der Waals surface area contributed by atoms with E-state index in [1.54, 1.807) is 17.3 Å². The van der Waals surface area contributed by atoms with Crippen molar-refractivity contribution in [3.05, 3.63) is 52.0 Å². The first kappa shape index (κ1) is 16.2. The molecule has 5 nitrogen and oxygen atoms in total. The summed E-state index contributed by atoms with van der Waals surface area (Å²) in [5.41, 5.74) is 1.18. The van der Waals surface area contributed by atoms with Crippen LogP contribution in [0.2, 0.25) is 0 Å². The molecule has 0 bridgehead atoms. The molecule has 1 unspecified atom stereocenters. The lowest BCUT2D eigenvalue weighted by Crippen LogP contribution is -2.34. The average molecular weight is 318 g/mol. The summed E-state index contributed by atoms with van der Waals surface area (Å²) in [5.74, 6) is -1.15. The lowest BCUT2D eigenvalue weighted by molar-refractivity contribution is 0.0687. The number of carboxylic acids is 1. The van der Waals surface area contributed by atoms with E-state index < -0.39 is 5.97 Å². The van der Waals surface area contributed by atoms with Crippen molar-refractivity contribution in [2.45, 2.75) is 26.3 Å². The fraction of sp³-hybridized carbons (Fsp3) is 0.312. The lowest BCUT2D eigenvalue weighted by Gasteiger charge is -2.30. The Bertz CT molecular complexity index is 654. The molecule has 116 valence electrons. The number of hydrogen-bond donors (Lipinski definition) is 1. The normalized spacial score (nSPS) is 11.9. The van der Waals surface area contributed by atoms with E-state index in [1.165, 1.54) is 22.8 Å². The summed E-state index contributed by atoms with van der Waals surface area (Å²) in [6.45, 7) is 4.51. The first-order valence-corrected chi connectivity index (χ1v) is 7.99. The molecule has 0 aliphatic heterocycles. The number of pyridine rings is 1. The van der Waals surface area contributed by atoms with Crippen molar-refractivity contribution in [2.75, 3.05) is 6.54 Å². The average Bonchev–Trinajstić information content (AvgIpc) is 3.03. The summed E-state index contributed by atoms with van der Waals surface area (Å²) in [6, 6.07) is 5.20. The predicted octanol–water partition coefficient (Wildman–Crippen LogP) is 3.45. The Morgan fingerprint density at radius 1 is 1.32 bits per heavy atom. The minimum Gasteiger partial charge on any atom is -0.478 e. The Labute approximate surface area is 133 Å². The summed E-state index contributed by atoms with van der Waals surface area (Å²) in [5, 5.41) is 10.5. The van der Waals surface area contributed by atoms with Crippen molar-refractivity contribution in [2.24, 2.45) is 0 Å². The molecular weight excluding hydrogens is 300 g/mol. The Morgan fingerprint density at radius 3 is 2.50 bits per heavy atom. The molecule has 1 amide bonds. The number of aromatic carboxylic acids is 1. The summed E-state index contributed by atoms with van der Waals surface area (Å²) in [7, 11) is 0. The van der Waals surface area contributed by atoms with Gasteiger partial charge in [0.1, 0.15) is 0 Å². The van der Waals surface area contributed by atoms with Gasteiger partial charge in [0.15, 0.2) is 0 Å². The molecule has 0 radical (unpaired) electrons. The predicted molar refractivity (Wildman–Crippen MR) is 85.3 cm³/mol. The monoisotopic (exact) mass is 318 g/mol. The van der Waals surface area contributed by atoms with E-state index in [-0.39, 0.29) is 17.5 Å². The summed E-state index contributed by atoms with van der Waals surface area (Å²) in [4.78, 5) is 29.9. The van der Waals surface area contributed by atoms with E-state index in [4.69, 9.17) is 5.11 Å².